The molecule has 0 spiro atoms. The number of hydrogen-bond acceptors (Lipinski definition) is 3. The monoisotopic (exact) mass is 394 g/mol. The molecule has 2 aromatic rings. The van der Waals surface area contributed by atoms with Gasteiger partial charge in [0.1, 0.15) is 5.82 Å². The largest absolute Gasteiger partial charge is 0.342 e. The van der Waals surface area contributed by atoms with Crippen molar-refractivity contribution < 1.29 is 9.18 Å². The molecule has 1 saturated heterocycles. The number of amides is 1. The Morgan fingerprint density at radius 3 is 2.85 bits per heavy atom. The van der Waals surface area contributed by atoms with E-state index < -0.39 is 0 Å². The standard InChI is InChI=1S/C20H27FN4O.ClH/c1-3-8-25(9-7-15-5-4-6-17(21)10-15)20(26)19-13-22-12-18(19)16-11-23-24(2)14-16;/h4-6,10-11,14,18-19,22H,3,7-9,12-13H2,1-2H3;1H/t18-,19+;/m1./s1. The number of rotatable bonds is 7. The van der Waals surface area contributed by atoms with Gasteiger partial charge in [0, 0.05) is 45.3 Å². The average molecular weight is 395 g/mol. The molecule has 2 heterocycles. The van der Waals surface area contributed by atoms with E-state index in [-0.39, 0.29) is 36.0 Å². The molecule has 1 fully saturated rings. The lowest BCUT2D eigenvalue weighted by Crippen LogP contribution is -2.40. The zero-order chi connectivity index (χ0) is 18.5. The van der Waals surface area contributed by atoms with E-state index in [0.717, 1.165) is 30.6 Å². The molecule has 1 N–H and O–H groups in total. The number of carbonyl (C=O) groups excluding carboxylic acids is 1. The van der Waals surface area contributed by atoms with Crippen molar-refractivity contribution in [3.8, 4) is 0 Å². The van der Waals surface area contributed by atoms with Crippen LogP contribution < -0.4 is 5.32 Å². The van der Waals surface area contributed by atoms with Crippen molar-refractivity contribution in [2.75, 3.05) is 26.2 Å². The third-order valence-electron chi connectivity index (χ3n) is 5.05. The van der Waals surface area contributed by atoms with Gasteiger partial charge in [-0.15, -0.1) is 12.4 Å². The number of aromatic nitrogens is 2. The number of hydrogen-bond donors (Lipinski definition) is 1. The zero-order valence-corrected chi connectivity index (χ0v) is 16.7. The first-order valence-corrected chi connectivity index (χ1v) is 9.31. The number of halogens is 2. The molecule has 2 atom stereocenters. The average Bonchev–Trinajstić information content (AvgIpc) is 3.26. The highest BCUT2D eigenvalue weighted by Gasteiger charge is 2.36. The summed E-state index contributed by atoms with van der Waals surface area (Å²) in [6.07, 6.45) is 5.43. The first kappa shape index (κ1) is 21.4. The topological polar surface area (TPSA) is 50.2 Å². The molecule has 0 unspecified atom stereocenters. The molecule has 0 bridgehead atoms. The highest BCUT2D eigenvalue weighted by Crippen LogP contribution is 2.29. The fourth-order valence-electron chi connectivity index (χ4n) is 3.71. The van der Waals surface area contributed by atoms with Crippen LogP contribution in [0.3, 0.4) is 0 Å². The summed E-state index contributed by atoms with van der Waals surface area (Å²) >= 11 is 0. The maximum Gasteiger partial charge on any atom is 0.227 e. The summed E-state index contributed by atoms with van der Waals surface area (Å²) in [6, 6.07) is 6.62. The molecule has 1 aliphatic heterocycles. The summed E-state index contributed by atoms with van der Waals surface area (Å²) in [6.45, 7) is 4.91. The predicted octanol–water partition coefficient (Wildman–Crippen LogP) is 2.77. The lowest BCUT2D eigenvalue weighted by Gasteiger charge is -2.27. The van der Waals surface area contributed by atoms with Crippen LogP contribution in [0.25, 0.3) is 0 Å². The van der Waals surface area contributed by atoms with Crippen LogP contribution in [0.5, 0.6) is 0 Å². The molecule has 1 aromatic carbocycles. The van der Waals surface area contributed by atoms with Crippen LogP contribution in [-0.2, 0) is 18.3 Å². The Bertz CT molecular complexity index is 751. The van der Waals surface area contributed by atoms with Gasteiger partial charge in [-0.05, 0) is 36.1 Å². The summed E-state index contributed by atoms with van der Waals surface area (Å²) in [5, 5.41) is 7.60. The lowest BCUT2D eigenvalue weighted by molar-refractivity contribution is -0.135. The van der Waals surface area contributed by atoms with E-state index in [1.807, 2.05) is 30.4 Å². The van der Waals surface area contributed by atoms with Crippen molar-refractivity contribution in [2.24, 2.45) is 13.0 Å². The maximum absolute atomic E-state index is 13.4. The number of nitrogens with zero attached hydrogens (tertiary/aromatic N) is 3. The van der Waals surface area contributed by atoms with Crippen molar-refractivity contribution in [1.29, 1.82) is 0 Å². The van der Waals surface area contributed by atoms with E-state index >= 15 is 0 Å². The van der Waals surface area contributed by atoms with Crippen molar-refractivity contribution in [1.82, 2.24) is 20.0 Å². The first-order chi connectivity index (χ1) is 12.6. The van der Waals surface area contributed by atoms with Crippen LogP contribution in [-0.4, -0.2) is 46.8 Å². The van der Waals surface area contributed by atoms with Crippen molar-refractivity contribution in [2.45, 2.75) is 25.7 Å². The van der Waals surface area contributed by atoms with Gasteiger partial charge in [0.05, 0.1) is 12.1 Å². The lowest BCUT2D eigenvalue weighted by atomic mass is 9.89. The molecule has 1 aromatic heterocycles. The van der Waals surface area contributed by atoms with Gasteiger partial charge in [-0.3, -0.25) is 9.48 Å². The van der Waals surface area contributed by atoms with Gasteiger partial charge >= 0.3 is 0 Å². The smallest absolute Gasteiger partial charge is 0.227 e. The zero-order valence-electron chi connectivity index (χ0n) is 15.9. The molecule has 1 amide bonds. The summed E-state index contributed by atoms with van der Waals surface area (Å²) < 4.78 is 15.2. The Balaban J connectivity index is 0.00000261. The van der Waals surface area contributed by atoms with Gasteiger partial charge in [0.15, 0.2) is 0 Å². The molecule has 0 aliphatic carbocycles. The van der Waals surface area contributed by atoms with Crippen LogP contribution in [0, 0.1) is 11.7 Å². The van der Waals surface area contributed by atoms with Gasteiger partial charge in [0.2, 0.25) is 5.91 Å². The minimum atomic E-state index is -0.229. The van der Waals surface area contributed by atoms with Gasteiger partial charge in [-0.1, -0.05) is 19.1 Å². The minimum Gasteiger partial charge on any atom is -0.342 e. The van der Waals surface area contributed by atoms with Gasteiger partial charge in [-0.25, -0.2) is 4.39 Å². The van der Waals surface area contributed by atoms with Crippen LogP contribution in [0.15, 0.2) is 36.7 Å². The molecule has 1 aliphatic rings. The second-order valence-corrected chi connectivity index (χ2v) is 7.02. The Hall–Kier alpha value is -1.92. The summed E-state index contributed by atoms with van der Waals surface area (Å²) in [5.74, 6) is 0.0394. The second-order valence-electron chi connectivity index (χ2n) is 7.02. The normalized spacial score (nSPS) is 18.9. The van der Waals surface area contributed by atoms with E-state index in [1.54, 1.807) is 16.8 Å². The highest BCUT2D eigenvalue weighted by atomic mass is 35.5. The number of aryl methyl sites for hydroxylation is 1. The Morgan fingerprint density at radius 2 is 2.19 bits per heavy atom. The first-order valence-electron chi connectivity index (χ1n) is 9.31. The Labute approximate surface area is 166 Å². The van der Waals surface area contributed by atoms with E-state index in [0.29, 0.717) is 19.5 Å². The predicted molar refractivity (Wildman–Crippen MR) is 107 cm³/mol. The van der Waals surface area contributed by atoms with Gasteiger partial charge in [0.25, 0.3) is 0 Å². The molecular formula is C20H28ClFN4O. The van der Waals surface area contributed by atoms with E-state index in [2.05, 4.69) is 17.3 Å². The minimum absolute atomic E-state index is 0. The van der Waals surface area contributed by atoms with E-state index in [9.17, 15) is 9.18 Å². The summed E-state index contributed by atoms with van der Waals surface area (Å²) in [7, 11) is 1.89. The second kappa shape index (κ2) is 9.85. The Morgan fingerprint density at radius 1 is 1.37 bits per heavy atom. The van der Waals surface area contributed by atoms with Crippen LogP contribution in [0.1, 0.15) is 30.4 Å². The highest BCUT2D eigenvalue weighted by molar-refractivity contribution is 5.85. The molecule has 7 heteroatoms. The third kappa shape index (κ3) is 5.30. The van der Waals surface area contributed by atoms with E-state index in [4.69, 9.17) is 0 Å². The van der Waals surface area contributed by atoms with Crippen molar-refractivity contribution >= 4 is 18.3 Å². The fraction of sp³-hybridized carbons (Fsp3) is 0.500. The number of carbonyl (C=O) groups is 1. The van der Waals surface area contributed by atoms with E-state index in [1.165, 1.54) is 6.07 Å². The Kier molecular flexibility index (Phi) is 7.80. The number of benzene rings is 1. The fourth-order valence-corrected chi connectivity index (χ4v) is 3.71. The van der Waals surface area contributed by atoms with Crippen molar-refractivity contribution in [3.05, 3.63) is 53.6 Å². The number of nitrogens with one attached hydrogen (secondary N) is 1. The maximum atomic E-state index is 13.4. The molecule has 0 saturated carbocycles. The molecule has 3 rings (SSSR count). The van der Waals surface area contributed by atoms with Gasteiger partial charge < -0.3 is 10.2 Å². The summed E-state index contributed by atoms with van der Waals surface area (Å²) in [4.78, 5) is 15.1. The molecule has 148 valence electrons. The summed E-state index contributed by atoms with van der Waals surface area (Å²) in [5.41, 5.74) is 2.03. The molecular weight excluding hydrogens is 367 g/mol. The van der Waals surface area contributed by atoms with Crippen LogP contribution in [0.2, 0.25) is 0 Å². The molecule has 5 nitrogen and oxygen atoms in total. The third-order valence-corrected chi connectivity index (χ3v) is 5.05. The van der Waals surface area contributed by atoms with Crippen LogP contribution in [0.4, 0.5) is 4.39 Å². The van der Waals surface area contributed by atoms with Crippen molar-refractivity contribution in [3.63, 3.8) is 0 Å². The molecule has 27 heavy (non-hydrogen) atoms. The van der Waals surface area contributed by atoms with Crippen LogP contribution >= 0.6 is 12.4 Å². The quantitative estimate of drug-likeness (QED) is 0.785. The SMILES string of the molecule is CCCN(CCc1cccc(F)c1)C(=O)[C@H]1CNC[C@@H]1c1cnn(C)c1.Cl. The van der Waals surface area contributed by atoms with Gasteiger partial charge in [-0.2, -0.15) is 5.10 Å². The molecule has 0 radical (unpaired) electrons.